The van der Waals surface area contributed by atoms with Gasteiger partial charge >= 0.3 is 0 Å². The highest BCUT2D eigenvalue weighted by atomic mass is 32.1. The maximum Gasteiger partial charge on any atom is 0.233 e. The number of nitrogens with one attached hydrogen (secondary N) is 1. The van der Waals surface area contributed by atoms with Crippen LogP contribution in [0.3, 0.4) is 0 Å². The molecule has 1 saturated carbocycles. The molecular weight excluding hydrogens is 260 g/mol. The van der Waals surface area contributed by atoms with E-state index < -0.39 is 5.41 Å². The highest BCUT2D eigenvalue weighted by Crippen LogP contribution is 2.31. The third kappa shape index (κ3) is 3.45. The second kappa shape index (κ2) is 6.66. The summed E-state index contributed by atoms with van der Waals surface area (Å²) in [6.07, 6.45) is 7.60. The minimum Gasteiger partial charge on any atom is -0.392 e. The topological polar surface area (TPSA) is 64.4 Å². The molecule has 1 aliphatic heterocycles. The SMILES string of the molecule is NC(=S)C1(C(=O)NCCC2CCCC2)CCOCC1. The van der Waals surface area contributed by atoms with Crippen LogP contribution in [0.5, 0.6) is 0 Å². The first-order valence-corrected chi connectivity index (χ1v) is 7.72. The summed E-state index contributed by atoms with van der Waals surface area (Å²) in [4.78, 5) is 12.7. The van der Waals surface area contributed by atoms with E-state index in [-0.39, 0.29) is 5.91 Å². The van der Waals surface area contributed by atoms with Crippen LogP contribution in [-0.2, 0) is 9.53 Å². The van der Waals surface area contributed by atoms with Gasteiger partial charge < -0.3 is 15.8 Å². The van der Waals surface area contributed by atoms with E-state index in [2.05, 4.69) is 5.32 Å². The predicted molar refractivity (Wildman–Crippen MR) is 78.9 cm³/mol. The average molecular weight is 284 g/mol. The molecule has 1 amide bonds. The van der Waals surface area contributed by atoms with Crippen LogP contribution < -0.4 is 11.1 Å². The van der Waals surface area contributed by atoms with Crippen LogP contribution in [0.15, 0.2) is 0 Å². The zero-order valence-electron chi connectivity index (χ0n) is 11.5. The Kier molecular flexibility index (Phi) is 5.16. The number of rotatable bonds is 5. The first kappa shape index (κ1) is 14.7. The Morgan fingerprint density at radius 3 is 2.53 bits per heavy atom. The molecule has 4 nitrogen and oxygen atoms in total. The fourth-order valence-electron chi connectivity index (χ4n) is 3.16. The van der Waals surface area contributed by atoms with E-state index in [1.165, 1.54) is 25.7 Å². The molecule has 5 heteroatoms. The van der Waals surface area contributed by atoms with Gasteiger partial charge in [-0.25, -0.2) is 0 Å². The van der Waals surface area contributed by atoms with Crippen molar-refractivity contribution in [1.82, 2.24) is 5.32 Å². The predicted octanol–water partition coefficient (Wildman–Crippen LogP) is 1.77. The minimum absolute atomic E-state index is 0.00120. The lowest BCUT2D eigenvalue weighted by atomic mass is 9.79. The van der Waals surface area contributed by atoms with Crippen LogP contribution in [0.1, 0.15) is 44.9 Å². The highest BCUT2D eigenvalue weighted by molar-refractivity contribution is 7.80. The van der Waals surface area contributed by atoms with Crippen molar-refractivity contribution >= 4 is 23.1 Å². The highest BCUT2D eigenvalue weighted by Gasteiger charge is 2.42. The average Bonchev–Trinajstić information content (AvgIpc) is 2.92. The molecule has 0 aromatic carbocycles. The zero-order valence-corrected chi connectivity index (χ0v) is 12.3. The van der Waals surface area contributed by atoms with Crippen LogP contribution in [0.2, 0.25) is 0 Å². The Hall–Kier alpha value is -0.680. The summed E-state index contributed by atoms with van der Waals surface area (Å²) in [5, 5.41) is 3.04. The van der Waals surface area contributed by atoms with E-state index in [1.807, 2.05) is 0 Å². The van der Waals surface area contributed by atoms with Gasteiger partial charge in [0.2, 0.25) is 5.91 Å². The molecule has 108 valence electrons. The van der Waals surface area contributed by atoms with Gasteiger partial charge in [0.25, 0.3) is 0 Å². The maximum atomic E-state index is 12.4. The lowest BCUT2D eigenvalue weighted by molar-refractivity contribution is -0.131. The van der Waals surface area contributed by atoms with Gasteiger partial charge in [0, 0.05) is 19.8 Å². The fourth-order valence-corrected chi connectivity index (χ4v) is 3.46. The van der Waals surface area contributed by atoms with Crippen LogP contribution in [0, 0.1) is 11.3 Å². The molecule has 2 fully saturated rings. The molecule has 2 rings (SSSR count). The Morgan fingerprint density at radius 2 is 1.95 bits per heavy atom. The van der Waals surface area contributed by atoms with Gasteiger partial charge in [-0.3, -0.25) is 4.79 Å². The molecule has 0 aromatic heterocycles. The van der Waals surface area contributed by atoms with Crippen molar-refractivity contribution in [2.45, 2.75) is 44.9 Å². The summed E-state index contributed by atoms with van der Waals surface area (Å²) >= 11 is 5.12. The molecule has 0 bridgehead atoms. The van der Waals surface area contributed by atoms with Crippen molar-refractivity contribution in [3.8, 4) is 0 Å². The van der Waals surface area contributed by atoms with Crippen molar-refractivity contribution in [2.24, 2.45) is 17.1 Å². The maximum absolute atomic E-state index is 12.4. The van der Waals surface area contributed by atoms with Crippen LogP contribution in [0.25, 0.3) is 0 Å². The number of amides is 1. The number of thiocarbonyl (C=S) groups is 1. The Labute approximate surface area is 120 Å². The number of ether oxygens (including phenoxy) is 1. The third-order valence-electron chi connectivity index (χ3n) is 4.57. The molecule has 1 saturated heterocycles. The number of carbonyl (C=O) groups is 1. The van der Waals surface area contributed by atoms with Gasteiger partial charge in [-0.15, -0.1) is 0 Å². The van der Waals surface area contributed by atoms with Crippen molar-refractivity contribution < 1.29 is 9.53 Å². The van der Waals surface area contributed by atoms with Crippen molar-refractivity contribution in [3.05, 3.63) is 0 Å². The van der Waals surface area contributed by atoms with Gasteiger partial charge in [0.05, 0.1) is 4.99 Å². The van der Waals surface area contributed by atoms with Gasteiger partial charge in [-0.2, -0.15) is 0 Å². The fraction of sp³-hybridized carbons (Fsp3) is 0.857. The summed E-state index contributed by atoms with van der Waals surface area (Å²) in [5.74, 6) is 0.789. The Morgan fingerprint density at radius 1 is 1.32 bits per heavy atom. The zero-order chi connectivity index (χ0) is 13.7. The van der Waals surface area contributed by atoms with Gasteiger partial charge in [0.1, 0.15) is 5.41 Å². The molecule has 3 N–H and O–H groups in total. The first-order chi connectivity index (χ1) is 9.15. The van der Waals surface area contributed by atoms with Crippen LogP contribution in [-0.4, -0.2) is 30.7 Å². The van der Waals surface area contributed by atoms with E-state index in [0.717, 1.165) is 18.9 Å². The molecule has 0 aromatic rings. The molecule has 1 heterocycles. The van der Waals surface area contributed by atoms with Crippen molar-refractivity contribution in [1.29, 1.82) is 0 Å². The van der Waals surface area contributed by atoms with E-state index in [9.17, 15) is 4.79 Å². The number of hydrogen-bond acceptors (Lipinski definition) is 3. The van der Waals surface area contributed by atoms with Crippen LogP contribution >= 0.6 is 12.2 Å². The molecule has 0 radical (unpaired) electrons. The molecule has 0 unspecified atom stereocenters. The second-order valence-electron chi connectivity index (χ2n) is 5.75. The lowest BCUT2D eigenvalue weighted by Crippen LogP contribution is -2.52. The summed E-state index contributed by atoms with van der Waals surface area (Å²) in [7, 11) is 0. The monoisotopic (exact) mass is 284 g/mol. The van der Waals surface area contributed by atoms with E-state index >= 15 is 0 Å². The van der Waals surface area contributed by atoms with Crippen LogP contribution in [0.4, 0.5) is 0 Å². The molecule has 2 aliphatic rings. The van der Waals surface area contributed by atoms with E-state index in [0.29, 0.717) is 31.0 Å². The number of carbonyl (C=O) groups excluding carboxylic acids is 1. The second-order valence-corrected chi connectivity index (χ2v) is 6.19. The van der Waals surface area contributed by atoms with Gasteiger partial charge in [0.15, 0.2) is 0 Å². The quantitative estimate of drug-likeness (QED) is 0.755. The van der Waals surface area contributed by atoms with E-state index in [4.69, 9.17) is 22.7 Å². The lowest BCUT2D eigenvalue weighted by Gasteiger charge is -2.34. The van der Waals surface area contributed by atoms with Gasteiger partial charge in [-0.05, 0) is 25.2 Å². The Bertz CT molecular complexity index is 334. The molecule has 0 spiro atoms. The smallest absolute Gasteiger partial charge is 0.233 e. The standard InChI is InChI=1S/C14H24N2O2S/c15-12(19)14(6-9-18-10-7-14)13(17)16-8-5-11-3-1-2-4-11/h11H,1-10H2,(H2,15,19)(H,16,17). The molecular formula is C14H24N2O2S. The number of hydrogen-bond donors (Lipinski definition) is 2. The normalized spacial score (nSPS) is 23.2. The van der Waals surface area contributed by atoms with Crippen molar-refractivity contribution in [3.63, 3.8) is 0 Å². The first-order valence-electron chi connectivity index (χ1n) is 7.31. The molecule has 19 heavy (non-hydrogen) atoms. The third-order valence-corrected chi connectivity index (χ3v) is 4.96. The summed E-state index contributed by atoms with van der Waals surface area (Å²) in [6.45, 7) is 1.87. The van der Waals surface area contributed by atoms with Crippen molar-refractivity contribution in [2.75, 3.05) is 19.8 Å². The summed E-state index contributed by atoms with van der Waals surface area (Å²) < 4.78 is 5.32. The molecule has 1 aliphatic carbocycles. The summed E-state index contributed by atoms with van der Waals surface area (Å²) in [6, 6.07) is 0. The largest absolute Gasteiger partial charge is 0.392 e. The molecule has 0 atom stereocenters. The van der Waals surface area contributed by atoms with E-state index in [1.54, 1.807) is 0 Å². The Balaban J connectivity index is 1.83. The minimum atomic E-state index is -0.677. The number of nitrogens with two attached hydrogens (primary N) is 1. The summed E-state index contributed by atoms with van der Waals surface area (Å²) in [5.41, 5.74) is 5.13. The van der Waals surface area contributed by atoms with Gasteiger partial charge in [-0.1, -0.05) is 37.9 Å².